The van der Waals surface area contributed by atoms with Gasteiger partial charge in [-0.15, -0.1) is 11.3 Å². The summed E-state index contributed by atoms with van der Waals surface area (Å²) in [6.07, 6.45) is 0. The van der Waals surface area contributed by atoms with Crippen LogP contribution in [0.1, 0.15) is 10.6 Å². The number of rotatable bonds is 3. The summed E-state index contributed by atoms with van der Waals surface area (Å²) in [6.45, 7) is 3.34. The number of aromatic nitrogens is 1. The number of nitrogens with zero attached hydrogens (tertiary/aromatic N) is 1. The van der Waals surface area contributed by atoms with E-state index in [1.807, 2.05) is 6.92 Å². The van der Waals surface area contributed by atoms with Crippen molar-refractivity contribution in [2.75, 3.05) is 0 Å². The molecule has 0 saturated carbocycles. The molecule has 9 heteroatoms. The van der Waals surface area contributed by atoms with Gasteiger partial charge in [-0.05, 0) is 26.0 Å². The lowest BCUT2D eigenvalue weighted by atomic mass is 10.2. The number of hydrogen-bond acceptors (Lipinski definition) is 6. The molecule has 0 aliphatic heterocycles. The van der Waals surface area contributed by atoms with Crippen molar-refractivity contribution in [2.45, 2.75) is 28.0 Å². The number of nitrogens with two attached hydrogens (primary N) is 1. The molecule has 1 heterocycles. The molecule has 20 heavy (non-hydrogen) atoms. The number of hydrogen-bond donors (Lipinski definition) is 1. The molecule has 0 aliphatic rings. The first-order chi connectivity index (χ1) is 9.12. The highest BCUT2D eigenvalue weighted by Gasteiger charge is 2.30. The van der Waals surface area contributed by atoms with E-state index in [2.05, 4.69) is 4.98 Å². The van der Waals surface area contributed by atoms with Crippen LogP contribution in [-0.4, -0.2) is 21.8 Å². The third kappa shape index (κ3) is 2.75. The summed E-state index contributed by atoms with van der Waals surface area (Å²) in [6, 6.07) is 6.07. The van der Waals surface area contributed by atoms with Gasteiger partial charge in [0.25, 0.3) is 10.0 Å². The van der Waals surface area contributed by atoms with Crippen LogP contribution in [0.5, 0.6) is 0 Å². The summed E-state index contributed by atoms with van der Waals surface area (Å²) in [7, 11) is -8.14. The van der Waals surface area contributed by atoms with E-state index in [1.54, 1.807) is 12.1 Å². The van der Waals surface area contributed by atoms with Crippen LogP contribution < -0.4 is 5.14 Å². The Morgan fingerprint density at radius 3 is 2.10 bits per heavy atom. The quantitative estimate of drug-likeness (QED) is 0.910. The van der Waals surface area contributed by atoms with Crippen molar-refractivity contribution >= 4 is 31.2 Å². The molecule has 1 aromatic heterocycles. The second kappa shape index (κ2) is 4.92. The summed E-state index contributed by atoms with van der Waals surface area (Å²) >= 11 is 0.743. The monoisotopic (exact) mass is 332 g/mol. The molecule has 2 N–H and O–H groups in total. The molecule has 0 radical (unpaired) electrons. The molecule has 0 amide bonds. The predicted octanol–water partition coefficient (Wildman–Crippen LogP) is 1.24. The molecule has 0 fully saturated rings. The van der Waals surface area contributed by atoms with E-state index in [1.165, 1.54) is 19.1 Å². The van der Waals surface area contributed by atoms with Gasteiger partial charge in [-0.25, -0.2) is 27.0 Å². The molecule has 0 atom stereocenters. The van der Waals surface area contributed by atoms with Gasteiger partial charge in [0, 0.05) is 0 Å². The lowest BCUT2D eigenvalue weighted by Gasteiger charge is -2.03. The van der Waals surface area contributed by atoms with E-state index in [9.17, 15) is 16.8 Å². The van der Waals surface area contributed by atoms with Gasteiger partial charge in [-0.2, -0.15) is 0 Å². The van der Waals surface area contributed by atoms with Crippen molar-refractivity contribution in [3.63, 3.8) is 0 Å². The lowest BCUT2D eigenvalue weighted by Crippen LogP contribution is -2.15. The van der Waals surface area contributed by atoms with Gasteiger partial charge >= 0.3 is 0 Å². The van der Waals surface area contributed by atoms with Crippen LogP contribution in [0.3, 0.4) is 0 Å². The first kappa shape index (κ1) is 15.1. The molecule has 2 aromatic rings. The fraction of sp³-hybridized carbons (Fsp3) is 0.182. The van der Waals surface area contributed by atoms with Crippen molar-refractivity contribution in [3.8, 4) is 0 Å². The Morgan fingerprint density at radius 1 is 1.05 bits per heavy atom. The van der Waals surface area contributed by atoms with Crippen LogP contribution in [0.15, 0.2) is 38.4 Å². The minimum Gasteiger partial charge on any atom is -0.228 e. The Balaban J connectivity index is 2.70. The maximum Gasteiger partial charge on any atom is 0.250 e. The van der Waals surface area contributed by atoms with E-state index in [0.29, 0.717) is 5.01 Å². The fourth-order valence-electron chi connectivity index (χ4n) is 1.57. The number of aryl methyl sites for hydroxylation is 2. The zero-order chi connectivity index (χ0) is 15.1. The first-order valence-electron chi connectivity index (χ1n) is 5.44. The van der Waals surface area contributed by atoms with Gasteiger partial charge in [-0.1, -0.05) is 17.7 Å². The molecule has 0 spiro atoms. The van der Waals surface area contributed by atoms with Gasteiger partial charge < -0.3 is 0 Å². The van der Waals surface area contributed by atoms with Gasteiger partial charge in [0.1, 0.15) is 0 Å². The van der Waals surface area contributed by atoms with Crippen molar-refractivity contribution in [3.05, 3.63) is 34.8 Å². The topological polar surface area (TPSA) is 107 Å². The number of benzene rings is 1. The highest BCUT2D eigenvalue weighted by Crippen LogP contribution is 2.30. The molecular formula is C11H12N2O4S3. The summed E-state index contributed by atoms with van der Waals surface area (Å²) in [5.41, 5.74) is 0.894. The maximum atomic E-state index is 12.5. The van der Waals surface area contributed by atoms with E-state index in [0.717, 1.165) is 16.9 Å². The normalized spacial score (nSPS) is 12.6. The zero-order valence-electron chi connectivity index (χ0n) is 10.7. The molecule has 0 bridgehead atoms. The molecule has 0 unspecified atom stereocenters. The fourth-order valence-corrected chi connectivity index (χ4v) is 5.61. The minimum atomic E-state index is -4.14. The molecule has 0 aliphatic carbocycles. The minimum absolute atomic E-state index is 0.0155. The van der Waals surface area contributed by atoms with Gasteiger partial charge in [0.15, 0.2) is 9.24 Å². The van der Waals surface area contributed by atoms with Crippen molar-refractivity contribution in [2.24, 2.45) is 5.14 Å². The SMILES string of the molecule is Cc1ccc(S(=O)(=O)c2nc(C)sc2S(N)(=O)=O)cc1. The van der Waals surface area contributed by atoms with Crippen LogP contribution in [0, 0.1) is 13.8 Å². The van der Waals surface area contributed by atoms with E-state index in [-0.39, 0.29) is 4.90 Å². The Labute approximate surface area is 121 Å². The van der Waals surface area contributed by atoms with Crippen LogP contribution in [0.4, 0.5) is 0 Å². The number of primary sulfonamides is 1. The van der Waals surface area contributed by atoms with E-state index < -0.39 is 29.1 Å². The lowest BCUT2D eigenvalue weighted by molar-refractivity contribution is 0.582. The van der Waals surface area contributed by atoms with Crippen molar-refractivity contribution < 1.29 is 16.8 Å². The second-order valence-electron chi connectivity index (χ2n) is 4.19. The predicted molar refractivity (Wildman–Crippen MR) is 74.9 cm³/mol. The molecule has 6 nitrogen and oxygen atoms in total. The Kier molecular flexibility index (Phi) is 3.71. The Bertz CT molecular complexity index is 850. The second-order valence-corrected chi connectivity index (χ2v) is 9.01. The molecule has 2 rings (SSSR count). The summed E-state index contributed by atoms with van der Waals surface area (Å²) in [4.78, 5) is 3.80. The average molecular weight is 332 g/mol. The smallest absolute Gasteiger partial charge is 0.228 e. The van der Waals surface area contributed by atoms with E-state index in [4.69, 9.17) is 5.14 Å². The first-order valence-corrected chi connectivity index (χ1v) is 9.29. The van der Waals surface area contributed by atoms with Crippen molar-refractivity contribution in [1.82, 2.24) is 4.98 Å². The molecule has 0 saturated heterocycles. The van der Waals surface area contributed by atoms with Crippen LogP contribution >= 0.6 is 11.3 Å². The summed E-state index contributed by atoms with van der Waals surface area (Å²) in [5, 5.41) is 4.86. The summed E-state index contributed by atoms with van der Waals surface area (Å²) < 4.78 is 47.4. The molecular weight excluding hydrogens is 320 g/mol. The van der Waals surface area contributed by atoms with Crippen molar-refractivity contribution in [1.29, 1.82) is 0 Å². The zero-order valence-corrected chi connectivity index (χ0v) is 13.1. The highest BCUT2D eigenvalue weighted by atomic mass is 32.2. The van der Waals surface area contributed by atoms with E-state index >= 15 is 0 Å². The van der Waals surface area contributed by atoms with Crippen LogP contribution in [0.2, 0.25) is 0 Å². The molecule has 1 aromatic carbocycles. The number of sulfonamides is 1. The number of thiazole rings is 1. The van der Waals surface area contributed by atoms with Gasteiger partial charge in [0.2, 0.25) is 9.84 Å². The third-order valence-electron chi connectivity index (χ3n) is 2.52. The molecule has 108 valence electrons. The highest BCUT2D eigenvalue weighted by molar-refractivity contribution is 7.94. The number of sulfone groups is 1. The van der Waals surface area contributed by atoms with Gasteiger partial charge in [-0.3, -0.25) is 0 Å². The maximum absolute atomic E-state index is 12.5. The Hall–Kier alpha value is -1.29. The van der Waals surface area contributed by atoms with Gasteiger partial charge in [0.05, 0.1) is 9.90 Å². The van der Waals surface area contributed by atoms with Crippen LogP contribution in [0.25, 0.3) is 0 Å². The largest absolute Gasteiger partial charge is 0.250 e. The van der Waals surface area contributed by atoms with Crippen LogP contribution in [-0.2, 0) is 19.9 Å². The third-order valence-corrected chi connectivity index (χ3v) is 6.90. The summed E-state index contributed by atoms with van der Waals surface area (Å²) in [5.74, 6) is 0. The average Bonchev–Trinajstić information content (AvgIpc) is 2.72. The Morgan fingerprint density at radius 2 is 1.60 bits per heavy atom. The standard InChI is InChI=1S/C11H12N2O4S3/c1-7-3-5-9(6-4-7)19(14,15)10-11(20(12,16)17)18-8(2)13-10/h3-6H,1-2H3,(H2,12,16,17).